The molecule has 0 spiro atoms. The maximum atomic E-state index is 2.60. The van der Waals surface area contributed by atoms with Crippen molar-refractivity contribution in [3.05, 3.63) is 35.9 Å². The van der Waals surface area contributed by atoms with Gasteiger partial charge in [0.2, 0.25) is 0 Å². The molecule has 0 amide bonds. The van der Waals surface area contributed by atoms with Crippen LogP contribution in [-0.2, 0) is 6.42 Å². The Kier molecular flexibility index (Phi) is 2.82. The van der Waals surface area contributed by atoms with Crippen molar-refractivity contribution in [3.63, 3.8) is 0 Å². The summed E-state index contributed by atoms with van der Waals surface area (Å²) in [6, 6.07) is 10.5. The van der Waals surface area contributed by atoms with Gasteiger partial charge in [0.05, 0.1) is 0 Å². The molecular formula is C8H10Se. The first-order chi connectivity index (χ1) is 4.43. The summed E-state index contributed by atoms with van der Waals surface area (Å²) in [4.78, 5) is 0. The van der Waals surface area contributed by atoms with Crippen LogP contribution in [0.15, 0.2) is 30.3 Å². The van der Waals surface area contributed by atoms with E-state index in [4.69, 9.17) is 0 Å². The molecule has 0 aliphatic heterocycles. The van der Waals surface area contributed by atoms with E-state index in [0.717, 1.165) is 0 Å². The Bertz CT molecular complexity index is 157. The summed E-state index contributed by atoms with van der Waals surface area (Å²) in [6.07, 6.45) is 1.18. The van der Waals surface area contributed by atoms with Crippen molar-refractivity contribution in [2.45, 2.75) is 11.7 Å². The van der Waals surface area contributed by atoms with E-state index in [1.54, 1.807) is 0 Å². The summed E-state index contributed by atoms with van der Waals surface area (Å²) < 4.78 is 0. The van der Waals surface area contributed by atoms with Crippen LogP contribution in [-0.4, -0.2) is 16.0 Å². The van der Waals surface area contributed by atoms with E-state index in [1.807, 2.05) is 6.07 Å². The van der Waals surface area contributed by atoms with Crippen molar-refractivity contribution in [2.75, 3.05) is 0 Å². The fourth-order valence-corrected chi connectivity index (χ4v) is 1.32. The third kappa shape index (κ3) is 2.21. The molecule has 0 aliphatic carbocycles. The topological polar surface area (TPSA) is 0 Å². The molecule has 0 unspecified atom stereocenters. The van der Waals surface area contributed by atoms with Crippen LogP contribution < -0.4 is 0 Å². The number of aryl methyl sites for hydroxylation is 1. The molecule has 0 N–H and O–H groups in total. The van der Waals surface area contributed by atoms with Crippen molar-refractivity contribution < 1.29 is 0 Å². The number of rotatable bonds is 2. The number of benzene rings is 1. The minimum absolute atomic E-state index is 1.18. The number of hydrogen-bond acceptors (Lipinski definition) is 0. The van der Waals surface area contributed by atoms with Gasteiger partial charge in [0.15, 0.2) is 0 Å². The van der Waals surface area contributed by atoms with Crippen molar-refractivity contribution in [3.8, 4) is 0 Å². The Balaban J connectivity index is 2.61. The Labute approximate surface area is 64.1 Å². The van der Waals surface area contributed by atoms with Gasteiger partial charge in [-0.25, -0.2) is 0 Å². The van der Waals surface area contributed by atoms with E-state index < -0.39 is 0 Å². The molecule has 0 bridgehead atoms. The summed E-state index contributed by atoms with van der Waals surface area (Å²) >= 11 is 2.60. The first kappa shape index (κ1) is 6.85. The summed E-state index contributed by atoms with van der Waals surface area (Å²) in [6.45, 7) is 0. The molecule has 1 rings (SSSR count). The summed E-state index contributed by atoms with van der Waals surface area (Å²) in [5, 5.41) is 1.18. The van der Waals surface area contributed by atoms with Gasteiger partial charge in [-0.15, -0.1) is 0 Å². The Hall–Kier alpha value is -0.261. The zero-order valence-corrected chi connectivity index (χ0v) is 7.12. The molecule has 0 saturated carbocycles. The molecule has 0 saturated heterocycles. The van der Waals surface area contributed by atoms with Crippen LogP contribution in [0.2, 0.25) is 5.32 Å². The van der Waals surface area contributed by atoms with Crippen molar-refractivity contribution >= 4 is 16.0 Å². The van der Waals surface area contributed by atoms with Crippen LogP contribution in [0.4, 0.5) is 0 Å². The fourth-order valence-electron chi connectivity index (χ4n) is 0.774. The van der Waals surface area contributed by atoms with Crippen LogP contribution in [0.1, 0.15) is 5.56 Å². The maximum absolute atomic E-state index is 2.60. The van der Waals surface area contributed by atoms with Gasteiger partial charge in [0.1, 0.15) is 0 Å². The minimum atomic E-state index is 1.18. The molecule has 0 radical (unpaired) electrons. The molecular weight excluding hydrogens is 175 g/mol. The first-order valence-corrected chi connectivity index (χ1v) is 4.41. The molecule has 48 valence electrons. The van der Waals surface area contributed by atoms with Crippen molar-refractivity contribution in [1.82, 2.24) is 0 Å². The average Bonchev–Trinajstić information content (AvgIpc) is 1.91. The van der Waals surface area contributed by atoms with E-state index in [1.165, 1.54) is 17.3 Å². The Morgan fingerprint density at radius 2 is 1.78 bits per heavy atom. The summed E-state index contributed by atoms with van der Waals surface area (Å²) in [5.41, 5.74) is 1.43. The molecule has 0 nitrogen and oxygen atoms in total. The first-order valence-electron chi connectivity index (χ1n) is 3.08. The van der Waals surface area contributed by atoms with Crippen molar-refractivity contribution in [1.29, 1.82) is 0 Å². The van der Waals surface area contributed by atoms with Crippen molar-refractivity contribution in [2.24, 2.45) is 0 Å². The van der Waals surface area contributed by atoms with Crippen LogP contribution in [0.25, 0.3) is 0 Å². The van der Waals surface area contributed by atoms with Crippen LogP contribution in [0.3, 0.4) is 0 Å². The van der Waals surface area contributed by atoms with E-state index in [2.05, 4.69) is 40.3 Å². The SMILES string of the molecule is [SeH]CCc1ccccc1. The molecule has 0 heterocycles. The van der Waals surface area contributed by atoms with Crippen LogP contribution in [0, 0.1) is 0 Å². The Morgan fingerprint density at radius 1 is 1.11 bits per heavy atom. The molecule has 9 heavy (non-hydrogen) atoms. The van der Waals surface area contributed by atoms with E-state index >= 15 is 0 Å². The van der Waals surface area contributed by atoms with E-state index in [9.17, 15) is 0 Å². The summed E-state index contributed by atoms with van der Waals surface area (Å²) in [5.74, 6) is 0. The average molecular weight is 185 g/mol. The van der Waals surface area contributed by atoms with Gasteiger partial charge in [-0.3, -0.25) is 0 Å². The van der Waals surface area contributed by atoms with Crippen LogP contribution >= 0.6 is 0 Å². The third-order valence-corrected chi connectivity index (χ3v) is 1.71. The predicted octanol–water partition coefficient (Wildman–Crippen LogP) is 1.55. The van der Waals surface area contributed by atoms with Gasteiger partial charge in [-0.1, -0.05) is 0 Å². The van der Waals surface area contributed by atoms with Gasteiger partial charge in [-0.2, -0.15) is 0 Å². The van der Waals surface area contributed by atoms with Gasteiger partial charge in [-0.05, 0) is 0 Å². The molecule has 0 aliphatic rings. The van der Waals surface area contributed by atoms with Gasteiger partial charge < -0.3 is 0 Å². The molecule has 1 aromatic rings. The zero-order chi connectivity index (χ0) is 6.53. The van der Waals surface area contributed by atoms with E-state index in [0.29, 0.717) is 0 Å². The zero-order valence-electron chi connectivity index (χ0n) is 5.25. The molecule has 1 aromatic carbocycles. The van der Waals surface area contributed by atoms with Gasteiger partial charge >= 0.3 is 63.6 Å². The number of hydrogen-bond donors (Lipinski definition) is 0. The quantitative estimate of drug-likeness (QED) is 0.613. The summed E-state index contributed by atoms with van der Waals surface area (Å²) in [7, 11) is 0. The van der Waals surface area contributed by atoms with Crippen LogP contribution in [0.5, 0.6) is 0 Å². The second kappa shape index (κ2) is 3.71. The molecule has 0 atom stereocenters. The fraction of sp³-hybridized carbons (Fsp3) is 0.250. The Morgan fingerprint density at radius 3 is 2.33 bits per heavy atom. The predicted molar refractivity (Wildman–Crippen MR) is 42.1 cm³/mol. The molecule has 0 aromatic heterocycles. The molecule has 1 heteroatoms. The normalized spacial score (nSPS) is 9.44. The monoisotopic (exact) mass is 186 g/mol. The second-order valence-corrected chi connectivity index (χ2v) is 2.90. The second-order valence-electron chi connectivity index (χ2n) is 1.96. The van der Waals surface area contributed by atoms with E-state index in [-0.39, 0.29) is 0 Å². The van der Waals surface area contributed by atoms with Gasteiger partial charge in [0.25, 0.3) is 0 Å². The van der Waals surface area contributed by atoms with Gasteiger partial charge in [0, 0.05) is 0 Å². The standard InChI is InChI=1S/C8H10Se/c9-7-6-8-4-2-1-3-5-8/h1-5,9H,6-7H2. The molecule has 0 fully saturated rings. The third-order valence-electron chi connectivity index (χ3n) is 1.24.